The van der Waals surface area contributed by atoms with E-state index in [1.807, 2.05) is 0 Å². The maximum absolute atomic E-state index is 5.78. The van der Waals surface area contributed by atoms with E-state index in [9.17, 15) is 0 Å². The Labute approximate surface area is 105 Å². The minimum Gasteiger partial charge on any atom is -0.330 e. The van der Waals surface area contributed by atoms with Gasteiger partial charge in [0.15, 0.2) is 0 Å². The van der Waals surface area contributed by atoms with Crippen LogP contribution in [0.15, 0.2) is 24.3 Å². The number of rotatable bonds is 4. The summed E-state index contributed by atoms with van der Waals surface area (Å²) in [5, 5.41) is 0. The third-order valence-corrected chi connectivity index (χ3v) is 3.87. The number of nitrogens with zero attached hydrogens (tertiary/aromatic N) is 1. The Morgan fingerprint density at radius 1 is 1.24 bits per heavy atom. The number of nitrogens with two attached hydrogens (primary N) is 1. The van der Waals surface area contributed by atoms with Gasteiger partial charge in [0.1, 0.15) is 0 Å². The Morgan fingerprint density at radius 3 is 2.65 bits per heavy atom. The number of benzene rings is 1. The normalized spacial score (nSPS) is 16.9. The van der Waals surface area contributed by atoms with Crippen molar-refractivity contribution < 1.29 is 0 Å². The van der Waals surface area contributed by atoms with Crippen molar-refractivity contribution in [2.24, 2.45) is 11.1 Å². The first-order valence-corrected chi connectivity index (χ1v) is 6.60. The first kappa shape index (κ1) is 12.6. The van der Waals surface area contributed by atoms with Crippen LogP contribution in [0, 0.1) is 5.41 Å². The van der Waals surface area contributed by atoms with Crippen LogP contribution in [0.3, 0.4) is 0 Å². The molecule has 0 amide bonds. The van der Waals surface area contributed by atoms with Crippen molar-refractivity contribution in [1.29, 1.82) is 0 Å². The smallest absolute Gasteiger partial charge is 0.0236 e. The quantitative estimate of drug-likeness (QED) is 0.864. The lowest BCUT2D eigenvalue weighted by molar-refractivity contribution is 0.207. The van der Waals surface area contributed by atoms with Crippen molar-refractivity contribution in [1.82, 2.24) is 4.90 Å². The summed E-state index contributed by atoms with van der Waals surface area (Å²) in [6.45, 7) is 8.75. The zero-order chi connectivity index (χ0) is 12.3. The van der Waals surface area contributed by atoms with Gasteiger partial charge >= 0.3 is 0 Å². The average Bonchev–Trinajstić information content (AvgIpc) is 2.36. The van der Waals surface area contributed by atoms with Gasteiger partial charge in [-0.2, -0.15) is 0 Å². The Hall–Kier alpha value is -0.860. The van der Waals surface area contributed by atoms with E-state index in [2.05, 4.69) is 43.0 Å². The molecule has 17 heavy (non-hydrogen) atoms. The molecule has 0 atom stereocenters. The van der Waals surface area contributed by atoms with Crippen LogP contribution >= 0.6 is 0 Å². The molecule has 0 fully saturated rings. The molecule has 0 bridgehead atoms. The molecule has 0 radical (unpaired) electrons. The predicted molar refractivity (Wildman–Crippen MR) is 72.9 cm³/mol. The SMILES string of the molecule is CC(C)(CN)CCN1CCc2ccccc2C1. The van der Waals surface area contributed by atoms with Gasteiger partial charge in [-0.05, 0) is 42.5 Å². The van der Waals surface area contributed by atoms with Crippen LogP contribution in [-0.2, 0) is 13.0 Å². The lowest BCUT2D eigenvalue weighted by Crippen LogP contribution is -2.35. The monoisotopic (exact) mass is 232 g/mol. The zero-order valence-electron chi connectivity index (χ0n) is 11.1. The number of hydrogen-bond acceptors (Lipinski definition) is 2. The first-order chi connectivity index (χ1) is 8.11. The van der Waals surface area contributed by atoms with E-state index >= 15 is 0 Å². The van der Waals surface area contributed by atoms with Crippen molar-refractivity contribution in [3.63, 3.8) is 0 Å². The fourth-order valence-electron chi connectivity index (χ4n) is 2.31. The predicted octanol–water partition coefficient (Wildman–Crippen LogP) is 2.42. The molecule has 1 aliphatic rings. The number of hydrogen-bond donors (Lipinski definition) is 1. The van der Waals surface area contributed by atoms with Crippen LogP contribution in [0.1, 0.15) is 31.4 Å². The molecule has 2 heteroatoms. The summed E-state index contributed by atoms with van der Waals surface area (Å²) < 4.78 is 0. The molecule has 1 aromatic rings. The first-order valence-electron chi connectivity index (χ1n) is 6.60. The Kier molecular flexibility index (Phi) is 3.85. The molecule has 0 saturated heterocycles. The van der Waals surface area contributed by atoms with Crippen molar-refractivity contribution >= 4 is 0 Å². The summed E-state index contributed by atoms with van der Waals surface area (Å²) in [7, 11) is 0. The molecule has 0 saturated carbocycles. The summed E-state index contributed by atoms with van der Waals surface area (Å²) in [5.41, 5.74) is 9.09. The standard InChI is InChI=1S/C15H24N2/c1-15(2,12-16)8-10-17-9-7-13-5-3-4-6-14(13)11-17/h3-6H,7-12,16H2,1-2H3. The lowest BCUT2D eigenvalue weighted by atomic mass is 9.89. The summed E-state index contributed by atoms with van der Waals surface area (Å²) >= 11 is 0. The summed E-state index contributed by atoms with van der Waals surface area (Å²) in [6.07, 6.45) is 2.38. The summed E-state index contributed by atoms with van der Waals surface area (Å²) in [6, 6.07) is 8.81. The topological polar surface area (TPSA) is 29.3 Å². The van der Waals surface area contributed by atoms with Crippen molar-refractivity contribution in [3.8, 4) is 0 Å². The Balaban J connectivity index is 1.90. The van der Waals surface area contributed by atoms with Crippen LogP contribution in [0.4, 0.5) is 0 Å². The van der Waals surface area contributed by atoms with Crippen LogP contribution in [0.5, 0.6) is 0 Å². The van der Waals surface area contributed by atoms with E-state index in [1.54, 1.807) is 0 Å². The second-order valence-electron chi connectivity index (χ2n) is 5.91. The van der Waals surface area contributed by atoms with Crippen LogP contribution < -0.4 is 5.73 Å². The fraction of sp³-hybridized carbons (Fsp3) is 0.600. The molecule has 2 N–H and O–H groups in total. The molecule has 0 unspecified atom stereocenters. The summed E-state index contributed by atoms with van der Waals surface area (Å²) in [4.78, 5) is 2.56. The highest BCUT2D eigenvalue weighted by molar-refractivity contribution is 5.28. The van der Waals surface area contributed by atoms with Crippen LogP contribution in [0.2, 0.25) is 0 Å². The van der Waals surface area contributed by atoms with Gasteiger partial charge in [0.25, 0.3) is 0 Å². The molecule has 0 aliphatic carbocycles. The highest BCUT2D eigenvalue weighted by Gasteiger charge is 2.20. The molecule has 0 aromatic heterocycles. The molecule has 0 spiro atoms. The van der Waals surface area contributed by atoms with Crippen molar-refractivity contribution in [2.75, 3.05) is 19.6 Å². The van der Waals surface area contributed by atoms with Crippen molar-refractivity contribution in [2.45, 2.75) is 33.2 Å². The average molecular weight is 232 g/mol. The molecule has 1 aromatic carbocycles. The maximum atomic E-state index is 5.78. The largest absolute Gasteiger partial charge is 0.330 e. The van der Waals surface area contributed by atoms with Gasteiger partial charge in [-0.3, -0.25) is 4.90 Å². The molecule has 94 valence electrons. The molecule has 1 heterocycles. The van der Waals surface area contributed by atoms with E-state index in [4.69, 9.17) is 5.73 Å². The zero-order valence-corrected chi connectivity index (χ0v) is 11.1. The molecule has 2 rings (SSSR count). The highest BCUT2D eigenvalue weighted by Crippen LogP contribution is 2.22. The van der Waals surface area contributed by atoms with E-state index in [0.717, 1.165) is 13.1 Å². The van der Waals surface area contributed by atoms with Gasteiger partial charge in [-0.25, -0.2) is 0 Å². The van der Waals surface area contributed by atoms with E-state index < -0.39 is 0 Å². The second-order valence-corrected chi connectivity index (χ2v) is 5.91. The second kappa shape index (κ2) is 5.19. The molecular weight excluding hydrogens is 208 g/mol. The molecular formula is C15H24N2. The van der Waals surface area contributed by atoms with Crippen LogP contribution in [-0.4, -0.2) is 24.5 Å². The highest BCUT2D eigenvalue weighted by atomic mass is 15.1. The minimum absolute atomic E-state index is 0.275. The summed E-state index contributed by atoms with van der Waals surface area (Å²) in [5.74, 6) is 0. The lowest BCUT2D eigenvalue weighted by Gasteiger charge is -2.32. The van der Waals surface area contributed by atoms with Gasteiger partial charge in [0.2, 0.25) is 0 Å². The van der Waals surface area contributed by atoms with Gasteiger partial charge < -0.3 is 5.73 Å². The van der Waals surface area contributed by atoms with E-state index in [-0.39, 0.29) is 5.41 Å². The van der Waals surface area contributed by atoms with E-state index in [1.165, 1.54) is 37.1 Å². The minimum atomic E-state index is 0.275. The maximum Gasteiger partial charge on any atom is 0.0236 e. The Bertz CT molecular complexity index is 371. The fourth-order valence-corrected chi connectivity index (χ4v) is 2.31. The third-order valence-electron chi connectivity index (χ3n) is 3.87. The van der Waals surface area contributed by atoms with Crippen LogP contribution in [0.25, 0.3) is 0 Å². The molecule has 1 aliphatic heterocycles. The van der Waals surface area contributed by atoms with Gasteiger partial charge in [-0.1, -0.05) is 38.1 Å². The van der Waals surface area contributed by atoms with Crippen molar-refractivity contribution in [3.05, 3.63) is 35.4 Å². The van der Waals surface area contributed by atoms with Gasteiger partial charge in [0, 0.05) is 13.1 Å². The molecule has 2 nitrogen and oxygen atoms in total. The Morgan fingerprint density at radius 2 is 1.94 bits per heavy atom. The third kappa shape index (κ3) is 3.30. The van der Waals surface area contributed by atoms with Gasteiger partial charge in [0.05, 0.1) is 0 Å². The van der Waals surface area contributed by atoms with E-state index in [0.29, 0.717) is 0 Å². The van der Waals surface area contributed by atoms with Gasteiger partial charge in [-0.15, -0.1) is 0 Å². The number of fused-ring (bicyclic) bond motifs is 1.